The molecular formula is C14H17FN4O. The molecule has 0 saturated carbocycles. The molecule has 0 atom stereocenters. The van der Waals surface area contributed by atoms with Crippen LogP contribution in [0.4, 0.5) is 10.2 Å². The number of nitrogens with two attached hydrogens (primary N) is 1. The van der Waals surface area contributed by atoms with Crippen molar-refractivity contribution >= 4 is 5.82 Å². The zero-order valence-corrected chi connectivity index (χ0v) is 11.3. The summed E-state index contributed by atoms with van der Waals surface area (Å²) in [6.07, 6.45) is 1.40. The molecule has 5 nitrogen and oxygen atoms in total. The van der Waals surface area contributed by atoms with Gasteiger partial charge >= 0.3 is 0 Å². The lowest BCUT2D eigenvalue weighted by molar-refractivity contribution is 0.326. The van der Waals surface area contributed by atoms with Crippen LogP contribution in [0.5, 0.6) is 5.88 Å². The van der Waals surface area contributed by atoms with Gasteiger partial charge in [-0.1, -0.05) is 12.1 Å². The number of rotatable bonds is 6. The van der Waals surface area contributed by atoms with Crippen molar-refractivity contribution in [2.75, 3.05) is 11.9 Å². The number of nitrogens with one attached hydrogen (secondary N) is 1. The summed E-state index contributed by atoms with van der Waals surface area (Å²) in [5.74, 6) is 0.800. The lowest BCUT2D eigenvalue weighted by Gasteiger charge is -2.08. The molecule has 0 aliphatic carbocycles. The minimum atomic E-state index is -0.278. The molecule has 0 aliphatic heterocycles. The summed E-state index contributed by atoms with van der Waals surface area (Å²) in [7, 11) is 0. The Morgan fingerprint density at radius 3 is 2.85 bits per heavy atom. The number of anilines is 1. The molecule has 106 valence electrons. The van der Waals surface area contributed by atoms with Gasteiger partial charge in [0.1, 0.15) is 18.0 Å². The van der Waals surface area contributed by atoms with E-state index in [9.17, 15) is 4.39 Å². The van der Waals surface area contributed by atoms with Crippen molar-refractivity contribution in [3.05, 3.63) is 47.5 Å². The third-order valence-electron chi connectivity index (χ3n) is 2.75. The van der Waals surface area contributed by atoms with Gasteiger partial charge in [0.25, 0.3) is 0 Å². The Kier molecular flexibility index (Phi) is 4.84. The first kappa shape index (κ1) is 14.2. The predicted octanol–water partition coefficient (Wildman–Crippen LogP) is 2.09. The number of halogens is 1. The Bertz CT molecular complexity index is 577. The maximum absolute atomic E-state index is 13.8. The van der Waals surface area contributed by atoms with E-state index in [0.29, 0.717) is 37.0 Å². The summed E-state index contributed by atoms with van der Waals surface area (Å²) in [5, 5.41) is 3.04. The molecule has 0 radical (unpaired) electrons. The normalized spacial score (nSPS) is 10.3. The van der Waals surface area contributed by atoms with E-state index in [-0.39, 0.29) is 5.82 Å². The zero-order valence-electron chi connectivity index (χ0n) is 11.3. The summed E-state index contributed by atoms with van der Waals surface area (Å²) >= 11 is 0. The zero-order chi connectivity index (χ0) is 14.4. The van der Waals surface area contributed by atoms with Gasteiger partial charge in [-0.05, 0) is 18.6 Å². The van der Waals surface area contributed by atoms with Crippen LogP contribution in [0.1, 0.15) is 18.1 Å². The standard InChI is InChI=1S/C14H17FN4O/c1-2-20-14-6-13(18-9-19-14)17-8-11-4-3-10(7-16)5-12(11)15/h3-6,9H,2,7-8,16H2,1H3,(H,17,18,19). The van der Waals surface area contributed by atoms with Crippen molar-refractivity contribution in [2.45, 2.75) is 20.0 Å². The quantitative estimate of drug-likeness (QED) is 0.845. The van der Waals surface area contributed by atoms with Crippen LogP contribution in [0.2, 0.25) is 0 Å². The van der Waals surface area contributed by atoms with Crippen LogP contribution in [0, 0.1) is 5.82 Å². The second kappa shape index (κ2) is 6.81. The highest BCUT2D eigenvalue weighted by molar-refractivity contribution is 5.38. The molecular weight excluding hydrogens is 259 g/mol. The Labute approximate surface area is 117 Å². The SMILES string of the molecule is CCOc1cc(NCc2ccc(CN)cc2F)ncn1. The van der Waals surface area contributed by atoms with Crippen molar-refractivity contribution in [2.24, 2.45) is 5.73 Å². The van der Waals surface area contributed by atoms with Crippen molar-refractivity contribution in [3.8, 4) is 5.88 Å². The maximum Gasteiger partial charge on any atom is 0.218 e. The van der Waals surface area contributed by atoms with Crippen LogP contribution in [0.15, 0.2) is 30.6 Å². The van der Waals surface area contributed by atoms with Crippen LogP contribution in [0.25, 0.3) is 0 Å². The molecule has 0 bridgehead atoms. The fourth-order valence-corrected chi connectivity index (χ4v) is 1.71. The fourth-order valence-electron chi connectivity index (χ4n) is 1.71. The molecule has 20 heavy (non-hydrogen) atoms. The molecule has 0 aliphatic rings. The number of benzene rings is 1. The highest BCUT2D eigenvalue weighted by atomic mass is 19.1. The smallest absolute Gasteiger partial charge is 0.218 e. The summed E-state index contributed by atoms with van der Waals surface area (Å²) in [6, 6.07) is 6.65. The van der Waals surface area contributed by atoms with Gasteiger partial charge in [0, 0.05) is 24.7 Å². The van der Waals surface area contributed by atoms with E-state index >= 15 is 0 Å². The first-order valence-electron chi connectivity index (χ1n) is 6.39. The molecule has 0 unspecified atom stereocenters. The minimum Gasteiger partial charge on any atom is -0.478 e. The number of hydrogen-bond acceptors (Lipinski definition) is 5. The maximum atomic E-state index is 13.8. The first-order chi connectivity index (χ1) is 9.72. The second-order valence-corrected chi connectivity index (χ2v) is 4.16. The molecule has 2 aromatic rings. The molecule has 2 rings (SSSR count). The number of nitrogens with zero attached hydrogens (tertiary/aromatic N) is 2. The van der Waals surface area contributed by atoms with Gasteiger partial charge in [-0.2, -0.15) is 0 Å². The van der Waals surface area contributed by atoms with E-state index in [0.717, 1.165) is 5.56 Å². The van der Waals surface area contributed by atoms with Crippen molar-refractivity contribution in [3.63, 3.8) is 0 Å². The van der Waals surface area contributed by atoms with E-state index in [4.69, 9.17) is 10.5 Å². The average molecular weight is 276 g/mol. The highest BCUT2D eigenvalue weighted by Crippen LogP contribution is 2.14. The summed E-state index contributed by atoms with van der Waals surface area (Å²) in [4.78, 5) is 8.02. The lowest BCUT2D eigenvalue weighted by atomic mass is 10.1. The Balaban J connectivity index is 2.03. The van der Waals surface area contributed by atoms with Gasteiger partial charge in [0.05, 0.1) is 6.61 Å². The number of ether oxygens (including phenoxy) is 1. The van der Waals surface area contributed by atoms with E-state index in [1.165, 1.54) is 12.4 Å². The van der Waals surface area contributed by atoms with Gasteiger partial charge < -0.3 is 15.8 Å². The number of hydrogen-bond donors (Lipinski definition) is 2. The predicted molar refractivity (Wildman–Crippen MR) is 74.8 cm³/mol. The monoisotopic (exact) mass is 276 g/mol. The van der Waals surface area contributed by atoms with Gasteiger partial charge in [0.2, 0.25) is 5.88 Å². The van der Waals surface area contributed by atoms with Crippen LogP contribution in [-0.2, 0) is 13.1 Å². The van der Waals surface area contributed by atoms with Gasteiger partial charge in [0.15, 0.2) is 0 Å². The molecule has 1 aromatic carbocycles. The first-order valence-corrected chi connectivity index (χ1v) is 6.39. The van der Waals surface area contributed by atoms with Gasteiger partial charge in [-0.3, -0.25) is 0 Å². The molecule has 0 saturated heterocycles. The summed E-state index contributed by atoms with van der Waals surface area (Å²) in [5.41, 5.74) is 6.79. The van der Waals surface area contributed by atoms with Crippen LogP contribution < -0.4 is 15.8 Å². The lowest BCUT2D eigenvalue weighted by Crippen LogP contribution is -2.06. The fraction of sp³-hybridized carbons (Fsp3) is 0.286. The van der Waals surface area contributed by atoms with E-state index < -0.39 is 0 Å². The van der Waals surface area contributed by atoms with Crippen LogP contribution in [-0.4, -0.2) is 16.6 Å². The highest BCUT2D eigenvalue weighted by Gasteiger charge is 2.04. The molecule has 3 N–H and O–H groups in total. The van der Waals surface area contributed by atoms with Crippen molar-refractivity contribution < 1.29 is 9.13 Å². The average Bonchev–Trinajstić information content (AvgIpc) is 2.46. The van der Waals surface area contributed by atoms with Crippen LogP contribution in [0.3, 0.4) is 0 Å². The molecule has 0 amide bonds. The van der Waals surface area contributed by atoms with Crippen molar-refractivity contribution in [1.29, 1.82) is 0 Å². The van der Waals surface area contributed by atoms with Gasteiger partial charge in [-0.15, -0.1) is 0 Å². The third-order valence-corrected chi connectivity index (χ3v) is 2.75. The van der Waals surface area contributed by atoms with Gasteiger partial charge in [-0.25, -0.2) is 14.4 Å². The third kappa shape index (κ3) is 3.64. The Morgan fingerprint density at radius 1 is 1.30 bits per heavy atom. The summed E-state index contributed by atoms with van der Waals surface area (Å²) in [6.45, 7) is 3.07. The van der Waals surface area contributed by atoms with E-state index in [1.54, 1.807) is 12.1 Å². The topological polar surface area (TPSA) is 73.1 Å². The van der Waals surface area contributed by atoms with Crippen LogP contribution >= 0.6 is 0 Å². The van der Waals surface area contributed by atoms with E-state index in [2.05, 4.69) is 15.3 Å². The summed E-state index contributed by atoms with van der Waals surface area (Å²) < 4.78 is 19.1. The molecule has 6 heteroatoms. The van der Waals surface area contributed by atoms with Crippen molar-refractivity contribution in [1.82, 2.24) is 9.97 Å². The Hall–Kier alpha value is -2.21. The molecule has 0 spiro atoms. The Morgan fingerprint density at radius 2 is 2.15 bits per heavy atom. The largest absolute Gasteiger partial charge is 0.478 e. The molecule has 1 heterocycles. The molecule has 0 fully saturated rings. The minimum absolute atomic E-state index is 0.278. The number of aromatic nitrogens is 2. The van der Waals surface area contributed by atoms with E-state index in [1.807, 2.05) is 13.0 Å². The second-order valence-electron chi connectivity index (χ2n) is 4.16. The molecule has 1 aromatic heterocycles.